The van der Waals surface area contributed by atoms with Crippen LogP contribution in [0.4, 0.5) is 11.4 Å². The zero-order chi connectivity index (χ0) is 31.8. The molecular formula is C33H45N3O6S. The van der Waals surface area contributed by atoms with Gasteiger partial charge in [0.05, 0.1) is 29.8 Å². The van der Waals surface area contributed by atoms with Crippen molar-refractivity contribution >= 4 is 33.8 Å². The van der Waals surface area contributed by atoms with Crippen LogP contribution in [0, 0.1) is 5.92 Å². The third-order valence-electron chi connectivity index (χ3n) is 6.84. The summed E-state index contributed by atoms with van der Waals surface area (Å²) in [5.41, 5.74) is 2.15. The minimum Gasteiger partial charge on any atom is -0.483 e. The third kappa shape index (κ3) is 12.6. The number of carbonyl (C=O) groups excluding carboxylic acids is 1. The van der Waals surface area contributed by atoms with E-state index in [0.717, 1.165) is 24.7 Å². The van der Waals surface area contributed by atoms with Crippen LogP contribution in [-0.2, 0) is 21.2 Å². The van der Waals surface area contributed by atoms with Gasteiger partial charge in [0.2, 0.25) is 10.0 Å². The van der Waals surface area contributed by atoms with E-state index in [1.807, 2.05) is 36.4 Å². The first-order chi connectivity index (χ1) is 20.5. The molecule has 10 heteroatoms. The summed E-state index contributed by atoms with van der Waals surface area (Å²) in [6.45, 7) is 6.64. The first-order valence-corrected chi connectivity index (χ1v) is 16.3. The number of carboxylic acid groups (broad SMARTS) is 1. The van der Waals surface area contributed by atoms with Crippen LogP contribution in [0.2, 0.25) is 0 Å². The summed E-state index contributed by atoms with van der Waals surface area (Å²) >= 11 is 0. The van der Waals surface area contributed by atoms with Gasteiger partial charge in [-0.25, -0.2) is 12.7 Å². The summed E-state index contributed by atoms with van der Waals surface area (Å²) in [5.74, 6) is 0.285. The molecule has 1 unspecified atom stereocenters. The van der Waals surface area contributed by atoms with E-state index < -0.39 is 22.2 Å². The highest BCUT2D eigenvalue weighted by molar-refractivity contribution is 7.92. The molecule has 3 rings (SSSR count). The Bertz CT molecular complexity index is 1350. The molecule has 43 heavy (non-hydrogen) atoms. The Hall–Kier alpha value is -3.73. The van der Waals surface area contributed by atoms with Gasteiger partial charge in [0, 0.05) is 18.2 Å². The lowest BCUT2D eigenvalue weighted by Gasteiger charge is -2.27. The molecule has 0 radical (unpaired) electrons. The number of anilines is 2. The first kappa shape index (κ1) is 35.5. The van der Waals surface area contributed by atoms with Gasteiger partial charge in [0.15, 0.2) is 0 Å². The van der Waals surface area contributed by atoms with Crippen LogP contribution >= 0.6 is 0 Å². The standard InChI is InChI=1S/C32H43N3O4S.CH2O2/c1-24(2)13-11-14-25(3)33-23-31(36)30(21-26-15-7-5-8-16-26)34-32(37)27-17-12-20-29(22-27)35(40(4,38)39)28-18-9-6-10-19-28;2-1-3/h5-10,12,15-20,22,24-25,30-31,33,36H,11,13-14,21,23H2,1-4H3,(H,34,37);1H,(H,2,3)/t25?,30-,31+;/m0./s1. The highest BCUT2D eigenvalue weighted by Crippen LogP contribution is 2.29. The molecule has 0 fully saturated rings. The highest BCUT2D eigenvalue weighted by Gasteiger charge is 2.25. The molecule has 0 aliphatic heterocycles. The number of hydrogen-bond donors (Lipinski definition) is 4. The maximum atomic E-state index is 13.4. The Morgan fingerprint density at radius 1 is 0.907 bits per heavy atom. The van der Waals surface area contributed by atoms with E-state index in [2.05, 4.69) is 31.4 Å². The zero-order valence-electron chi connectivity index (χ0n) is 25.4. The van der Waals surface area contributed by atoms with Crippen LogP contribution in [0.3, 0.4) is 0 Å². The Morgan fingerprint density at radius 2 is 1.49 bits per heavy atom. The summed E-state index contributed by atoms with van der Waals surface area (Å²) in [4.78, 5) is 21.8. The minimum atomic E-state index is -3.66. The molecule has 234 valence electrons. The summed E-state index contributed by atoms with van der Waals surface area (Å²) < 4.78 is 26.6. The molecule has 3 aromatic carbocycles. The van der Waals surface area contributed by atoms with Crippen LogP contribution in [0.25, 0.3) is 0 Å². The van der Waals surface area contributed by atoms with Crippen molar-refractivity contribution in [1.82, 2.24) is 10.6 Å². The molecule has 9 nitrogen and oxygen atoms in total. The van der Waals surface area contributed by atoms with Crippen LogP contribution in [0.5, 0.6) is 0 Å². The maximum absolute atomic E-state index is 13.4. The van der Waals surface area contributed by atoms with Gasteiger partial charge in [0.25, 0.3) is 12.4 Å². The van der Waals surface area contributed by atoms with Crippen molar-refractivity contribution in [2.24, 2.45) is 5.92 Å². The average Bonchev–Trinajstić information content (AvgIpc) is 2.96. The Balaban J connectivity index is 0.00000206. The van der Waals surface area contributed by atoms with Gasteiger partial charge in [0.1, 0.15) is 0 Å². The van der Waals surface area contributed by atoms with Crippen molar-refractivity contribution in [3.8, 4) is 0 Å². The number of aliphatic hydroxyl groups is 1. The minimum absolute atomic E-state index is 0.248. The van der Waals surface area contributed by atoms with E-state index in [1.54, 1.807) is 48.5 Å². The second kappa shape index (κ2) is 18.0. The van der Waals surface area contributed by atoms with Gasteiger partial charge in [-0.2, -0.15) is 0 Å². The number of nitrogens with zero attached hydrogens (tertiary/aromatic N) is 1. The number of hydrogen-bond acceptors (Lipinski definition) is 6. The summed E-state index contributed by atoms with van der Waals surface area (Å²) in [5, 5.41) is 24.5. The third-order valence-corrected chi connectivity index (χ3v) is 7.92. The molecule has 1 amide bonds. The zero-order valence-corrected chi connectivity index (χ0v) is 26.2. The maximum Gasteiger partial charge on any atom is 0.290 e. The van der Waals surface area contributed by atoms with E-state index in [0.29, 0.717) is 35.8 Å². The predicted octanol–water partition coefficient (Wildman–Crippen LogP) is 4.99. The molecular weight excluding hydrogens is 566 g/mol. The lowest BCUT2D eigenvalue weighted by Crippen LogP contribution is -2.49. The lowest BCUT2D eigenvalue weighted by molar-refractivity contribution is -0.122. The van der Waals surface area contributed by atoms with E-state index >= 15 is 0 Å². The second-order valence-corrected chi connectivity index (χ2v) is 12.8. The normalized spacial score (nSPS) is 13.3. The molecule has 0 aliphatic carbocycles. The molecule has 0 aromatic heterocycles. The van der Waals surface area contributed by atoms with Crippen molar-refractivity contribution in [3.63, 3.8) is 0 Å². The van der Waals surface area contributed by atoms with Crippen LogP contribution in [0.15, 0.2) is 84.9 Å². The predicted molar refractivity (Wildman–Crippen MR) is 172 cm³/mol. The lowest BCUT2D eigenvalue weighted by atomic mass is 9.99. The Labute approximate surface area is 256 Å². The van der Waals surface area contributed by atoms with E-state index in [9.17, 15) is 18.3 Å². The van der Waals surface area contributed by atoms with Crippen LogP contribution < -0.4 is 14.9 Å². The van der Waals surface area contributed by atoms with Gasteiger partial charge in [-0.05, 0) is 61.6 Å². The topological polar surface area (TPSA) is 136 Å². The highest BCUT2D eigenvalue weighted by atomic mass is 32.2. The number of carbonyl (C=O) groups is 2. The smallest absolute Gasteiger partial charge is 0.290 e. The molecule has 0 aliphatic rings. The van der Waals surface area contributed by atoms with E-state index in [1.165, 1.54) is 10.7 Å². The second-order valence-electron chi connectivity index (χ2n) is 11.0. The molecule has 0 saturated carbocycles. The monoisotopic (exact) mass is 611 g/mol. The molecule has 0 saturated heterocycles. The fourth-order valence-corrected chi connectivity index (χ4v) is 5.67. The summed E-state index contributed by atoms with van der Waals surface area (Å²) in [6.07, 6.45) is 4.08. The Morgan fingerprint density at radius 3 is 2.07 bits per heavy atom. The molecule has 0 heterocycles. The number of sulfonamides is 1. The molecule has 3 atom stereocenters. The Kier molecular flexibility index (Phi) is 14.9. The first-order valence-electron chi connectivity index (χ1n) is 14.5. The molecule has 0 spiro atoms. The largest absolute Gasteiger partial charge is 0.483 e. The fraction of sp³-hybridized carbons (Fsp3) is 0.394. The van der Waals surface area contributed by atoms with Gasteiger partial charge >= 0.3 is 0 Å². The van der Waals surface area contributed by atoms with Gasteiger partial charge in [-0.3, -0.25) is 9.59 Å². The summed E-state index contributed by atoms with van der Waals surface area (Å²) in [7, 11) is -3.66. The number of aliphatic hydroxyl groups excluding tert-OH is 1. The van der Waals surface area contributed by atoms with Crippen molar-refractivity contribution in [2.75, 3.05) is 17.1 Å². The van der Waals surface area contributed by atoms with Crippen LogP contribution in [-0.4, -0.2) is 62.0 Å². The SMILES string of the molecule is CC(C)CCCC(C)NC[C@@H](O)[C@H](Cc1ccccc1)NC(=O)c1cccc(N(c2ccccc2)S(C)(=O)=O)c1.O=CO. The molecule has 4 N–H and O–H groups in total. The van der Waals surface area contributed by atoms with Gasteiger partial charge < -0.3 is 20.8 Å². The van der Waals surface area contributed by atoms with Gasteiger partial charge in [-0.1, -0.05) is 81.3 Å². The number of nitrogens with one attached hydrogen (secondary N) is 2. The van der Waals surface area contributed by atoms with Crippen LogP contribution in [0.1, 0.15) is 56.0 Å². The van der Waals surface area contributed by atoms with Crippen molar-refractivity contribution in [2.45, 2.75) is 64.6 Å². The van der Waals surface area contributed by atoms with Crippen molar-refractivity contribution in [3.05, 3.63) is 96.1 Å². The summed E-state index contributed by atoms with van der Waals surface area (Å²) in [6, 6.07) is 24.7. The number of amides is 1. The molecule has 3 aromatic rings. The average molecular weight is 612 g/mol. The molecule has 0 bridgehead atoms. The van der Waals surface area contributed by atoms with Crippen molar-refractivity contribution < 1.29 is 28.2 Å². The number of para-hydroxylation sites is 1. The van der Waals surface area contributed by atoms with Gasteiger partial charge in [-0.15, -0.1) is 0 Å². The fourth-order valence-electron chi connectivity index (χ4n) is 4.67. The quantitative estimate of drug-likeness (QED) is 0.178. The van der Waals surface area contributed by atoms with E-state index in [4.69, 9.17) is 9.90 Å². The van der Waals surface area contributed by atoms with E-state index in [-0.39, 0.29) is 18.4 Å². The number of rotatable bonds is 15. The van der Waals surface area contributed by atoms with Crippen molar-refractivity contribution in [1.29, 1.82) is 0 Å². The number of benzene rings is 3.